The van der Waals surface area contributed by atoms with Crippen LogP contribution in [0, 0.1) is 5.82 Å². The van der Waals surface area contributed by atoms with Gasteiger partial charge >= 0.3 is 0 Å². The topological polar surface area (TPSA) is 51.0 Å². The third-order valence-corrected chi connectivity index (χ3v) is 2.68. The Hall–Kier alpha value is -2.56. The molecule has 0 heterocycles. The maximum absolute atomic E-state index is 13.1. The molecule has 0 aliphatic rings. The van der Waals surface area contributed by atoms with Gasteiger partial charge in [0.05, 0.1) is 13.3 Å². The summed E-state index contributed by atoms with van der Waals surface area (Å²) in [5.41, 5.74) is 1.39. The van der Waals surface area contributed by atoms with Crippen molar-refractivity contribution in [3.63, 3.8) is 0 Å². The number of benzene rings is 2. The van der Waals surface area contributed by atoms with E-state index in [1.165, 1.54) is 25.5 Å². The van der Waals surface area contributed by atoms with Crippen LogP contribution >= 0.6 is 0 Å². The van der Waals surface area contributed by atoms with Gasteiger partial charge in [-0.2, -0.15) is 0 Å². The molecule has 0 saturated heterocycles. The lowest BCUT2D eigenvalue weighted by Crippen LogP contribution is -1.99. The van der Waals surface area contributed by atoms with Crippen molar-refractivity contribution in [1.29, 1.82) is 0 Å². The maximum Gasteiger partial charge on any atom is 0.162 e. The first kappa shape index (κ1) is 13.9. The number of oxime groups is 1. The van der Waals surface area contributed by atoms with E-state index in [0.717, 1.165) is 0 Å². The van der Waals surface area contributed by atoms with Crippen molar-refractivity contribution in [2.24, 2.45) is 5.16 Å². The van der Waals surface area contributed by atoms with Gasteiger partial charge in [0.25, 0.3) is 0 Å². The molecule has 0 spiro atoms. The van der Waals surface area contributed by atoms with E-state index in [1.54, 1.807) is 30.3 Å². The minimum Gasteiger partial charge on any atom is -0.493 e. The predicted octanol–water partition coefficient (Wildman–Crippen LogP) is 3.22. The summed E-state index contributed by atoms with van der Waals surface area (Å²) in [5.74, 6) is 0.741. The number of halogens is 1. The summed E-state index contributed by atoms with van der Waals surface area (Å²) >= 11 is 0. The highest BCUT2D eigenvalue weighted by Gasteiger charge is 2.06. The second-order valence-electron chi connectivity index (χ2n) is 4.07. The summed E-state index contributed by atoms with van der Waals surface area (Å²) in [5, 5.41) is 11.5. The van der Waals surface area contributed by atoms with E-state index in [4.69, 9.17) is 14.7 Å². The summed E-state index contributed by atoms with van der Waals surface area (Å²) in [6.45, 7) is 0.216. The number of rotatable bonds is 5. The van der Waals surface area contributed by atoms with Crippen molar-refractivity contribution in [2.45, 2.75) is 6.61 Å². The monoisotopic (exact) mass is 275 g/mol. The number of ether oxygens (including phenoxy) is 2. The fraction of sp³-hybridized carbons (Fsp3) is 0.133. The molecule has 0 bridgehead atoms. The van der Waals surface area contributed by atoms with Crippen LogP contribution in [-0.4, -0.2) is 18.5 Å². The molecule has 0 saturated carbocycles. The smallest absolute Gasteiger partial charge is 0.162 e. The SMILES string of the molecule is COc1ccc(/C=N\O)cc1OCc1cccc(F)c1. The third-order valence-electron chi connectivity index (χ3n) is 2.68. The average Bonchev–Trinajstić information content (AvgIpc) is 2.46. The van der Waals surface area contributed by atoms with Crippen molar-refractivity contribution in [3.05, 3.63) is 59.4 Å². The van der Waals surface area contributed by atoms with E-state index >= 15 is 0 Å². The lowest BCUT2D eigenvalue weighted by molar-refractivity contribution is 0.284. The van der Waals surface area contributed by atoms with E-state index in [2.05, 4.69) is 5.16 Å². The van der Waals surface area contributed by atoms with Crippen LogP contribution in [0.2, 0.25) is 0 Å². The number of hydrogen-bond donors (Lipinski definition) is 1. The Morgan fingerprint density at radius 1 is 1.20 bits per heavy atom. The molecule has 0 aromatic heterocycles. The molecule has 1 N–H and O–H groups in total. The molecule has 0 radical (unpaired) electrons. The molecule has 20 heavy (non-hydrogen) atoms. The lowest BCUT2D eigenvalue weighted by Gasteiger charge is -2.11. The summed E-state index contributed by atoms with van der Waals surface area (Å²) < 4.78 is 23.9. The van der Waals surface area contributed by atoms with Crippen molar-refractivity contribution in [2.75, 3.05) is 7.11 Å². The van der Waals surface area contributed by atoms with E-state index in [-0.39, 0.29) is 12.4 Å². The highest BCUT2D eigenvalue weighted by atomic mass is 19.1. The standard InChI is InChI=1S/C15H14FNO3/c1-19-14-6-5-11(9-17-18)8-15(14)20-10-12-3-2-4-13(16)7-12/h2-9,18H,10H2,1H3/b17-9-. The van der Waals surface area contributed by atoms with Gasteiger partial charge < -0.3 is 14.7 Å². The molecule has 4 nitrogen and oxygen atoms in total. The first-order valence-electron chi connectivity index (χ1n) is 5.95. The quantitative estimate of drug-likeness (QED) is 0.518. The zero-order chi connectivity index (χ0) is 14.4. The Morgan fingerprint density at radius 2 is 2.05 bits per heavy atom. The van der Waals surface area contributed by atoms with Crippen LogP contribution in [0.15, 0.2) is 47.6 Å². The molecule has 0 unspecified atom stereocenters. The number of methoxy groups -OCH3 is 1. The summed E-state index contributed by atoms with van der Waals surface area (Å²) in [4.78, 5) is 0. The number of hydrogen-bond acceptors (Lipinski definition) is 4. The van der Waals surface area contributed by atoms with E-state index in [1.807, 2.05) is 0 Å². The second kappa shape index (κ2) is 6.56. The Kier molecular flexibility index (Phi) is 4.55. The molecular weight excluding hydrogens is 261 g/mol. The Bertz CT molecular complexity index is 614. The molecule has 2 aromatic rings. The predicted molar refractivity (Wildman–Crippen MR) is 73.1 cm³/mol. The first-order chi connectivity index (χ1) is 9.72. The highest BCUT2D eigenvalue weighted by molar-refractivity contribution is 5.80. The molecule has 5 heteroatoms. The van der Waals surface area contributed by atoms with Gasteiger partial charge in [0.2, 0.25) is 0 Å². The fourth-order valence-electron chi connectivity index (χ4n) is 1.74. The van der Waals surface area contributed by atoms with E-state index in [9.17, 15) is 4.39 Å². The van der Waals surface area contributed by atoms with Crippen LogP contribution in [-0.2, 0) is 6.61 Å². The largest absolute Gasteiger partial charge is 0.493 e. The lowest BCUT2D eigenvalue weighted by atomic mass is 10.2. The zero-order valence-corrected chi connectivity index (χ0v) is 10.9. The van der Waals surface area contributed by atoms with Gasteiger partial charge in [-0.1, -0.05) is 17.3 Å². The van der Waals surface area contributed by atoms with Crippen LogP contribution in [0.25, 0.3) is 0 Å². The molecule has 0 fully saturated rings. The minimum absolute atomic E-state index is 0.216. The molecule has 0 amide bonds. The Morgan fingerprint density at radius 3 is 2.75 bits per heavy atom. The molecule has 2 rings (SSSR count). The third kappa shape index (κ3) is 3.47. The van der Waals surface area contributed by atoms with Gasteiger partial charge in [0.1, 0.15) is 12.4 Å². The van der Waals surface area contributed by atoms with Gasteiger partial charge in [-0.25, -0.2) is 4.39 Å². The second-order valence-corrected chi connectivity index (χ2v) is 4.07. The van der Waals surface area contributed by atoms with Crippen LogP contribution in [0.1, 0.15) is 11.1 Å². The fourth-order valence-corrected chi connectivity index (χ4v) is 1.74. The maximum atomic E-state index is 13.1. The molecule has 0 aliphatic carbocycles. The molecule has 0 atom stereocenters. The Balaban J connectivity index is 2.17. The van der Waals surface area contributed by atoms with Crippen LogP contribution in [0.3, 0.4) is 0 Å². The van der Waals surface area contributed by atoms with Crippen LogP contribution in [0.4, 0.5) is 4.39 Å². The zero-order valence-electron chi connectivity index (χ0n) is 10.9. The van der Waals surface area contributed by atoms with E-state index < -0.39 is 0 Å². The molecule has 2 aromatic carbocycles. The Labute approximate surface area is 116 Å². The van der Waals surface area contributed by atoms with Gasteiger partial charge in [0.15, 0.2) is 11.5 Å². The van der Waals surface area contributed by atoms with Gasteiger partial charge in [-0.15, -0.1) is 0 Å². The summed E-state index contributed by atoms with van der Waals surface area (Å²) in [7, 11) is 1.53. The molecule has 0 aliphatic heterocycles. The summed E-state index contributed by atoms with van der Waals surface area (Å²) in [6, 6.07) is 11.3. The van der Waals surface area contributed by atoms with E-state index in [0.29, 0.717) is 22.6 Å². The van der Waals surface area contributed by atoms with Gasteiger partial charge in [0, 0.05) is 5.56 Å². The van der Waals surface area contributed by atoms with Crippen LogP contribution < -0.4 is 9.47 Å². The minimum atomic E-state index is -0.306. The molecule has 104 valence electrons. The highest BCUT2D eigenvalue weighted by Crippen LogP contribution is 2.28. The average molecular weight is 275 g/mol. The van der Waals surface area contributed by atoms with Crippen molar-refractivity contribution < 1.29 is 19.1 Å². The van der Waals surface area contributed by atoms with Gasteiger partial charge in [-0.05, 0) is 35.9 Å². The first-order valence-corrected chi connectivity index (χ1v) is 5.95. The van der Waals surface area contributed by atoms with Gasteiger partial charge in [-0.3, -0.25) is 0 Å². The summed E-state index contributed by atoms with van der Waals surface area (Å²) in [6.07, 6.45) is 1.29. The number of nitrogens with zero attached hydrogens (tertiary/aromatic N) is 1. The van der Waals surface area contributed by atoms with Crippen molar-refractivity contribution in [3.8, 4) is 11.5 Å². The van der Waals surface area contributed by atoms with Crippen molar-refractivity contribution in [1.82, 2.24) is 0 Å². The molecular formula is C15H14FNO3. The van der Waals surface area contributed by atoms with Crippen molar-refractivity contribution >= 4 is 6.21 Å². The normalized spacial score (nSPS) is 10.7. The van der Waals surface area contributed by atoms with Crippen LogP contribution in [0.5, 0.6) is 11.5 Å².